The summed E-state index contributed by atoms with van der Waals surface area (Å²) in [7, 11) is 0. The molecule has 128 valence electrons. The van der Waals surface area contributed by atoms with Crippen molar-refractivity contribution in [3.63, 3.8) is 0 Å². The molecule has 1 aliphatic rings. The number of pyridine rings is 1. The fraction of sp³-hybridized carbons (Fsp3) is 0.444. The number of nitrogens with zero attached hydrogens (tertiary/aromatic N) is 2. The molecule has 1 saturated heterocycles. The van der Waals surface area contributed by atoms with Crippen LogP contribution in [0.1, 0.15) is 13.3 Å². The van der Waals surface area contributed by atoms with Gasteiger partial charge in [-0.05, 0) is 18.6 Å². The van der Waals surface area contributed by atoms with E-state index in [4.69, 9.17) is 4.74 Å². The van der Waals surface area contributed by atoms with E-state index in [1.54, 1.807) is 6.92 Å². The van der Waals surface area contributed by atoms with Gasteiger partial charge < -0.3 is 14.6 Å². The highest BCUT2D eigenvalue weighted by atomic mass is 16.5. The molecule has 1 amide bonds. The lowest BCUT2D eigenvalue weighted by Crippen LogP contribution is -2.48. The number of carbonyl (C=O) groups is 1. The molecule has 6 heteroatoms. The topological polar surface area (TPSA) is 65.6 Å². The zero-order valence-corrected chi connectivity index (χ0v) is 14.0. The van der Waals surface area contributed by atoms with E-state index in [1.165, 1.54) is 6.07 Å². The predicted molar refractivity (Wildman–Crippen MR) is 93.4 cm³/mol. The number of hydrogen-bond donors (Lipinski definition) is 1. The van der Waals surface area contributed by atoms with Crippen molar-refractivity contribution in [2.75, 3.05) is 39.3 Å². The first-order valence-electron chi connectivity index (χ1n) is 8.36. The Morgan fingerprint density at radius 3 is 2.71 bits per heavy atom. The summed E-state index contributed by atoms with van der Waals surface area (Å²) in [5, 5.41) is 0.923. The van der Waals surface area contributed by atoms with Crippen LogP contribution in [0.25, 0.3) is 10.9 Å². The summed E-state index contributed by atoms with van der Waals surface area (Å²) in [4.78, 5) is 30.1. The molecule has 1 aromatic carbocycles. The number of para-hydroxylation sites is 1. The Balaban J connectivity index is 1.49. The average Bonchev–Trinajstić information content (AvgIpc) is 2.58. The van der Waals surface area contributed by atoms with Crippen LogP contribution in [0.4, 0.5) is 0 Å². The van der Waals surface area contributed by atoms with Gasteiger partial charge in [0.1, 0.15) is 5.75 Å². The standard InChI is InChI=1S/C18H23N3O3/c1-14(22)21-10-8-20(9-11-21)7-4-12-24-17-13-18(23)19-16-6-3-2-5-15(16)17/h2-3,5-6,13H,4,7-12H2,1H3,(H,19,23). The molecule has 1 fully saturated rings. The largest absolute Gasteiger partial charge is 0.493 e. The second-order valence-electron chi connectivity index (χ2n) is 6.09. The number of carbonyl (C=O) groups excluding carboxylic acids is 1. The summed E-state index contributed by atoms with van der Waals surface area (Å²) < 4.78 is 5.84. The third-order valence-corrected chi connectivity index (χ3v) is 4.41. The summed E-state index contributed by atoms with van der Waals surface area (Å²) in [6, 6.07) is 9.15. The van der Waals surface area contributed by atoms with Crippen molar-refractivity contribution in [3.8, 4) is 5.75 Å². The van der Waals surface area contributed by atoms with Crippen LogP contribution in [0.5, 0.6) is 5.75 Å². The molecule has 6 nitrogen and oxygen atoms in total. The van der Waals surface area contributed by atoms with Crippen LogP contribution < -0.4 is 10.3 Å². The van der Waals surface area contributed by atoms with Crippen molar-refractivity contribution in [2.45, 2.75) is 13.3 Å². The van der Waals surface area contributed by atoms with Crippen molar-refractivity contribution in [1.29, 1.82) is 0 Å². The molecule has 2 heterocycles. The lowest BCUT2D eigenvalue weighted by Gasteiger charge is -2.34. The summed E-state index contributed by atoms with van der Waals surface area (Å²) in [6.07, 6.45) is 0.890. The molecule has 0 aliphatic carbocycles. The van der Waals surface area contributed by atoms with Crippen LogP contribution in [0.3, 0.4) is 0 Å². The summed E-state index contributed by atoms with van der Waals surface area (Å²) in [5.74, 6) is 0.787. The maximum Gasteiger partial charge on any atom is 0.252 e. The number of benzene rings is 1. The lowest BCUT2D eigenvalue weighted by molar-refractivity contribution is -0.130. The summed E-state index contributed by atoms with van der Waals surface area (Å²) in [5.41, 5.74) is 0.643. The van der Waals surface area contributed by atoms with Gasteiger partial charge in [0.25, 0.3) is 5.56 Å². The van der Waals surface area contributed by atoms with Gasteiger partial charge in [0.05, 0.1) is 12.1 Å². The number of rotatable bonds is 5. The third-order valence-electron chi connectivity index (χ3n) is 4.41. The first-order valence-corrected chi connectivity index (χ1v) is 8.36. The third kappa shape index (κ3) is 3.94. The number of aromatic amines is 1. The number of fused-ring (bicyclic) bond motifs is 1. The minimum atomic E-state index is -0.149. The lowest BCUT2D eigenvalue weighted by atomic mass is 10.2. The number of amides is 1. The number of piperazine rings is 1. The Kier molecular flexibility index (Phi) is 5.15. The SMILES string of the molecule is CC(=O)N1CCN(CCCOc2cc(=O)[nH]c3ccccc23)CC1. The van der Waals surface area contributed by atoms with Crippen LogP contribution in [-0.2, 0) is 4.79 Å². The number of ether oxygens (including phenoxy) is 1. The van der Waals surface area contributed by atoms with Gasteiger partial charge in [0.15, 0.2) is 0 Å². The molecular formula is C18H23N3O3. The predicted octanol–water partition coefficient (Wildman–Crippen LogP) is 1.46. The van der Waals surface area contributed by atoms with Crippen LogP contribution in [0.2, 0.25) is 0 Å². The van der Waals surface area contributed by atoms with Crippen molar-refractivity contribution >= 4 is 16.8 Å². The number of hydrogen-bond acceptors (Lipinski definition) is 4. The highest BCUT2D eigenvalue weighted by molar-refractivity contribution is 5.84. The van der Waals surface area contributed by atoms with E-state index < -0.39 is 0 Å². The Morgan fingerprint density at radius 2 is 1.96 bits per heavy atom. The van der Waals surface area contributed by atoms with Crippen molar-refractivity contribution in [1.82, 2.24) is 14.8 Å². The molecule has 1 aromatic heterocycles. The highest BCUT2D eigenvalue weighted by Gasteiger charge is 2.17. The monoisotopic (exact) mass is 329 g/mol. The van der Waals surface area contributed by atoms with E-state index in [2.05, 4.69) is 9.88 Å². The van der Waals surface area contributed by atoms with Crippen molar-refractivity contribution in [2.24, 2.45) is 0 Å². The number of nitrogens with one attached hydrogen (secondary N) is 1. The van der Waals surface area contributed by atoms with Gasteiger partial charge in [-0.15, -0.1) is 0 Å². The minimum Gasteiger partial charge on any atom is -0.493 e. The minimum absolute atomic E-state index is 0.149. The molecule has 3 rings (SSSR count). The highest BCUT2D eigenvalue weighted by Crippen LogP contribution is 2.21. The van der Waals surface area contributed by atoms with Gasteiger partial charge in [0, 0.05) is 51.1 Å². The van der Waals surface area contributed by atoms with Crippen LogP contribution in [0.15, 0.2) is 35.1 Å². The van der Waals surface area contributed by atoms with Crippen LogP contribution >= 0.6 is 0 Å². The second-order valence-corrected chi connectivity index (χ2v) is 6.09. The molecule has 2 aromatic rings. The van der Waals surface area contributed by atoms with E-state index in [1.807, 2.05) is 29.2 Å². The van der Waals surface area contributed by atoms with E-state index in [0.717, 1.165) is 50.0 Å². The molecule has 0 spiro atoms. The molecule has 0 unspecified atom stereocenters. The van der Waals surface area contributed by atoms with E-state index in [9.17, 15) is 9.59 Å². The normalized spacial score (nSPS) is 15.6. The Hall–Kier alpha value is -2.34. The molecule has 0 atom stereocenters. The van der Waals surface area contributed by atoms with Crippen LogP contribution in [0, 0.1) is 0 Å². The maximum absolute atomic E-state index is 11.7. The summed E-state index contributed by atoms with van der Waals surface area (Å²) in [6.45, 7) is 6.55. The van der Waals surface area contributed by atoms with Crippen molar-refractivity contribution in [3.05, 3.63) is 40.7 Å². The molecular weight excluding hydrogens is 306 g/mol. The first kappa shape index (κ1) is 16.5. The van der Waals surface area contributed by atoms with Crippen LogP contribution in [-0.4, -0.2) is 60.0 Å². The Morgan fingerprint density at radius 1 is 1.21 bits per heavy atom. The zero-order valence-electron chi connectivity index (χ0n) is 14.0. The Labute approximate surface area is 141 Å². The molecule has 24 heavy (non-hydrogen) atoms. The van der Waals surface area contributed by atoms with Crippen molar-refractivity contribution < 1.29 is 9.53 Å². The van der Waals surface area contributed by atoms with Gasteiger partial charge in [-0.25, -0.2) is 0 Å². The van der Waals surface area contributed by atoms with Gasteiger partial charge in [0.2, 0.25) is 5.91 Å². The zero-order chi connectivity index (χ0) is 16.9. The second kappa shape index (κ2) is 7.49. The first-order chi connectivity index (χ1) is 11.6. The van der Waals surface area contributed by atoms with E-state index >= 15 is 0 Å². The molecule has 0 saturated carbocycles. The average molecular weight is 329 g/mol. The van der Waals surface area contributed by atoms with E-state index in [0.29, 0.717) is 12.4 Å². The fourth-order valence-electron chi connectivity index (χ4n) is 3.05. The number of aromatic nitrogens is 1. The maximum atomic E-state index is 11.7. The molecule has 0 bridgehead atoms. The summed E-state index contributed by atoms with van der Waals surface area (Å²) >= 11 is 0. The fourth-order valence-corrected chi connectivity index (χ4v) is 3.05. The van der Waals surface area contributed by atoms with Gasteiger partial charge in [-0.2, -0.15) is 0 Å². The number of H-pyrrole nitrogens is 1. The van der Waals surface area contributed by atoms with Gasteiger partial charge in [-0.1, -0.05) is 12.1 Å². The smallest absolute Gasteiger partial charge is 0.252 e. The van der Waals surface area contributed by atoms with Gasteiger partial charge in [-0.3, -0.25) is 14.5 Å². The van der Waals surface area contributed by atoms with E-state index in [-0.39, 0.29) is 11.5 Å². The Bertz CT molecular complexity index is 763. The van der Waals surface area contributed by atoms with Gasteiger partial charge >= 0.3 is 0 Å². The molecule has 1 N–H and O–H groups in total. The molecule has 0 radical (unpaired) electrons. The molecule has 1 aliphatic heterocycles. The quantitative estimate of drug-likeness (QED) is 0.844.